The first-order valence-electron chi connectivity index (χ1n) is 8.53. The summed E-state index contributed by atoms with van der Waals surface area (Å²) in [6, 6.07) is 4.85. The van der Waals surface area contributed by atoms with E-state index in [0.29, 0.717) is 20.9 Å². The molecule has 3 rings (SSSR count). The molecule has 0 spiro atoms. The topological polar surface area (TPSA) is 120 Å². The molecule has 2 aliphatic heterocycles. The number of aliphatic hydroxyl groups excluding tert-OH is 5. The van der Waals surface area contributed by atoms with Crippen LogP contribution in [0.5, 0.6) is 0 Å². The quantitative estimate of drug-likeness (QED) is 0.387. The van der Waals surface area contributed by atoms with Gasteiger partial charge in [-0.05, 0) is 0 Å². The van der Waals surface area contributed by atoms with Crippen LogP contribution in [0.1, 0.15) is 11.9 Å². The van der Waals surface area contributed by atoms with Crippen LogP contribution in [-0.2, 0) is 9.47 Å². The average Bonchev–Trinajstić information content (AvgIpc) is 2.90. The Morgan fingerprint density at radius 2 is 1.93 bits per heavy atom. The van der Waals surface area contributed by atoms with Gasteiger partial charge < -0.3 is 0 Å². The molecular formula is C17H23Cl2O7Se+. The van der Waals surface area contributed by atoms with Gasteiger partial charge in [0, 0.05) is 0 Å². The van der Waals surface area contributed by atoms with E-state index in [9.17, 15) is 25.5 Å². The number of ether oxygens (including phenoxy) is 2. The van der Waals surface area contributed by atoms with E-state index < -0.39 is 55.5 Å². The standard InChI is InChI=1S/C17H23Cl2O7Se/c18-8-1-2-10(19)9(3-8)17-25-5-11(21)16(26-17)13(23)7-27-6-12(22)15(24)14(27)4-20/h1-3,11-17,20-24H,4-7H2/q+1/t11-,12-,13-,14-,15+,16+,17?,27?/m1/s1. The summed E-state index contributed by atoms with van der Waals surface area (Å²) in [5.41, 5.74) is 0.504. The summed E-state index contributed by atoms with van der Waals surface area (Å²) in [5, 5.41) is 51.7. The molecule has 1 aromatic rings. The number of aliphatic hydroxyl groups is 5. The molecule has 10 heteroatoms. The SMILES string of the molecule is OC[C@@H]1[C@@H](O)[C@H](O)C[Se+]1C[C@@H](O)[C@H]1OC(c2cc(Cl)ccc2Cl)OC[C@H]1O. The van der Waals surface area contributed by atoms with Gasteiger partial charge in [-0.25, -0.2) is 0 Å². The second-order valence-corrected chi connectivity index (χ2v) is 12.5. The first-order valence-corrected chi connectivity index (χ1v) is 12.7. The fourth-order valence-corrected chi connectivity index (χ4v) is 9.38. The summed E-state index contributed by atoms with van der Waals surface area (Å²) in [5.74, 6) is 0. The van der Waals surface area contributed by atoms with Crippen LogP contribution in [0.15, 0.2) is 18.2 Å². The van der Waals surface area contributed by atoms with Crippen LogP contribution >= 0.6 is 23.2 Å². The molecule has 0 aliphatic carbocycles. The summed E-state index contributed by atoms with van der Waals surface area (Å²) >= 11 is 10.5. The van der Waals surface area contributed by atoms with Crippen LogP contribution in [0.4, 0.5) is 0 Å². The summed E-state index contributed by atoms with van der Waals surface area (Å²) in [6.07, 6.45) is -5.74. The van der Waals surface area contributed by atoms with Crippen molar-refractivity contribution in [2.45, 2.75) is 52.3 Å². The number of rotatable bonds is 5. The summed E-state index contributed by atoms with van der Waals surface area (Å²) in [6.45, 7) is -0.290. The van der Waals surface area contributed by atoms with Crippen molar-refractivity contribution in [1.29, 1.82) is 0 Å². The molecule has 2 saturated heterocycles. The molecule has 0 bridgehead atoms. The Kier molecular flexibility index (Phi) is 7.44. The minimum absolute atomic E-state index is 0.0470. The monoisotopic (exact) mass is 489 g/mol. The van der Waals surface area contributed by atoms with E-state index >= 15 is 0 Å². The van der Waals surface area contributed by atoms with Crippen molar-refractivity contribution in [2.24, 2.45) is 0 Å². The third-order valence-corrected chi connectivity index (χ3v) is 11.3. The van der Waals surface area contributed by atoms with Crippen LogP contribution in [0.2, 0.25) is 25.5 Å². The van der Waals surface area contributed by atoms with Crippen LogP contribution < -0.4 is 0 Å². The molecule has 0 radical (unpaired) electrons. The van der Waals surface area contributed by atoms with Crippen molar-refractivity contribution in [1.82, 2.24) is 0 Å². The van der Waals surface area contributed by atoms with Crippen molar-refractivity contribution >= 4 is 37.1 Å². The molecule has 8 atom stereocenters. The second kappa shape index (κ2) is 9.24. The van der Waals surface area contributed by atoms with E-state index in [-0.39, 0.29) is 18.5 Å². The molecule has 2 fully saturated rings. The second-order valence-electron chi connectivity index (χ2n) is 6.72. The first kappa shape index (κ1) is 21.7. The molecule has 152 valence electrons. The number of halogens is 2. The van der Waals surface area contributed by atoms with Crippen LogP contribution in [-0.4, -0.2) is 83.2 Å². The van der Waals surface area contributed by atoms with Gasteiger partial charge in [0.05, 0.1) is 0 Å². The molecule has 2 aliphatic rings. The summed E-state index contributed by atoms with van der Waals surface area (Å²) in [4.78, 5) is -0.412. The van der Waals surface area contributed by atoms with E-state index in [4.69, 9.17) is 32.7 Å². The Morgan fingerprint density at radius 1 is 1.19 bits per heavy atom. The van der Waals surface area contributed by atoms with E-state index in [1.807, 2.05) is 0 Å². The van der Waals surface area contributed by atoms with Gasteiger partial charge in [0.25, 0.3) is 0 Å². The van der Waals surface area contributed by atoms with Crippen LogP contribution in [0.25, 0.3) is 0 Å². The molecular weight excluding hydrogens is 466 g/mol. The fraction of sp³-hybridized carbons (Fsp3) is 0.647. The first-order chi connectivity index (χ1) is 12.8. The number of hydrogen-bond acceptors (Lipinski definition) is 7. The van der Waals surface area contributed by atoms with Gasteiger partial charge in [-0.15, -0.1) is 0 Å². The molecule has 5 N–H and O–H groups in total. The Labute approximate surface area is 171 Å². The number of benzene rings is 1. The van der Waals surface area contributed by atoms with Gasteiger partial charge in [-0.3, -0.25) is 0 Å². The third kappa shape index (κ3) is 4.79. The van der Waals surface area contributed by atoms with Crippen molar-refractivity contribution in [3.63, 3.8) is 0 Å². The number of hydrogen-bond donors (Lipinski definition) is 5. The van der Waals surface area contributed by atoms with Crippen molar-refractivity contribution < 1.29 is 35.0 Å². The Hall–Kier alpha value is 0.0395. The van der Waals surface area contributed by atoms with Crippen molar-refractivity contribution in [2.75, 3.05) is 13.2 Å². The van der Waals surface area contributed by atoms with Gasteiger partial charge in [-0.1, -0.05) is 0 Å². The van der Waals surface area contributed by atoms with E-state index in [2.05, 4.69) is 0 Å². The van der Waals surface area contributed by atoms with Gasteiger partial charge in [-0.2, -0.15) is 0 Å². The van der Waals surface area contributed by atoms with E-state index in [1.54, 1.807) is 18.2 Å². The minimum atomic E-state index is -1.70. The molecule has 27 heavy (non-hydrogen) atoms. The zero-order chi connectivity index (χ0) is 19.7. The zero-order valence-electron chi connectivity index (χ0n) is 14.3. The van der Waals surface area contributed by atoms with Crippen LogP contribution in [0, 0.1) is 0 Å². The Balaban J connectivity index is 1.70. The van der Waals surface area contributed by atoms with Gasteiger partial charge in [0.2, 0.25) is 0 Å². The molecule has 0 aromatic heterocycles. The summed E-state index contributed by atoms with van der Waals surface area (Å²) in [7, 11) is 0. The molecule has 2 unspecified atom stereocenters. The maximum atomic E-state index is 10.7. The van der Waals surface area contributed by atoms with Crippen molar-refractivity contribution in [3.8, 4) is 0 Å². The van der Waals surface area contributed by atoms with Crippen LogP contribution in [0.3, 0.4) is 0 Å². The third-order valence-electron chi connectivity index (χ3n) is 4.82. The molecule has 7 nitrogen and oxygen atoms in total. The molecule has 0 amide bonds. The zero-order valence-corrected chi connectivity index (χ0v) is 17.5. The fourth-order valence-electron chi connectivity index (χ4n) is 3.36. The van der Waals surface area contributed by atoms with Crippen molar-refractivity contribution in [3.05, 3.63) is 33.8 Å². The summed E-state index contributed by atoms with van der Waals surface area (Å²) < 4.78 is 11.3. The van der Waals surface area contributed by atoms with Gasteiger partial charge >= 0.3 is 171 Å². The maximum absolute atomic E-state index is 10.7. The molecule has 1 aromatic carbocycles. The predicted molar refractivity (Wildman–Crippen MR) is 100 cm³/mol. The molecule has 0 saturated carbocycles. The Morgan fingerprint density at radius 3 is 2.63 bits per heavy atom. The molecule has 2 heterocycles. The Bertz CT molecular complexity index is 652. The van der Waals surface area contributed by atoms with Gasteiger partial charge in [0.15, 0.2) is 0 Å². The van der Waals surface area contributed by atoms with Gasteiger partial charge in [0.1, 0.15) is 0 Å². The van der Waals surface area contributed by atoms with E-state index in [1.165, 1.54) is 0 Å². The predicted octanol–water partition coefficient (Wildman–Crippen LogP) is 0.722. The average molecular weight is 489 g/mol. The normalized spacial score (nSPS) is 38.1. The van der Waals surface area contributed by atoms with E-state index in [0.717, 1.165) is 0 Å².